The van der Waals surface area contributed by atoms with Crippen molar-refractivity contribution in [1.82, 2.24) is 0 Å². The van der Waals surface area contributed by atoms with E-state index >= 15 is 0 Å². The van der Waals surface area contributed by atoms with Crippen LogP contribution < -0.4 is 4.52 Å². The Morgan fingerprint density at radius 2 is 1.24 bits per heavy atom. The predicted octanol–water partition coefficient (Wildman–Crippen LogP) is 9.68. The standard InChI is InChI=1S/C28H49O3PS/c1-4-7-8-9-10-11-12-13-14-15-16-17-18-22-25-29-32(5-2,30-26-27-33-6-3)31-28-23-20-19-21-24-28/h19-21,23-24H,2,4,6-18,22,25-27H2,1,3H3. The third-order valence-corrected chi connectivity index (χ3v) is 8.36. The van der Waals surface area contributed by atoms with E-state index in [0.29, 0.717) is 13.2 Å². The molecule has 0 N–H and O–H groups in total. The SMILES string of the molecule is C=C=P(OCCCCCCCCCCCCCCCC)(OCCSCC)Oc1ccccc1. The maximum Gasteiger partial charge on any atom is 0.356 e. The maximum absolute atomic E-state index is 6.15. The molecule has 1 rings (SSSR count). The van der Waals surface area contributed by atoms with Gasteiger partial charge in [-0.2, -0.15) is 11.8 Å². The molecule has 0 aliphatic rings. The first-order valence-electron chi connectivity index (χ1n) is 13.3. The van der Waals surface area contributed by atoms with Crippen LogP contribution in [-0.4, -0.2) is 30.2 Å². The van der Waals surface area contributed by atoms with E-state index in [4.69, 9.17) is 13.6 Å². The van der Waals surface area contributed by atoms with Crippen molar-refractivity contribution >= 4 is 24.8 Å². The molecule has 0 aliphatic carbocycles. The van der Waals surface area contributed by atoms with Crippen LogP contribution in [0.15, 0.2) is 36.9 Å². The second-order valence-electron chi connectivity index (χ2n) is 8.52. The van der Waals surface area contributed by atoms with Gasteiger partial charge < -0.3 is 13.6 Å². The van der Waals surface area contributed by atoms with E-state index < -0.39 is 7.57 Å². The van der Waals surface area contributed by atoms with Gasteiger partial charge in [0, 0.05) is 5.75 Å². The highest BCUT2D eigenvalue weighted by Gasteiger charge is 2.22. The molecule has 0 aliphatic heterocycles. The molecule has 1 unspecified atom stereocenters. The van der Waals surface area contributed by atoms with Crippen LogP contribution in [0.2, 0.25) is 0 Å². The quantitative estimate of drug-likeness (QED) is 0.111. The van der Waals surface area contributed by atoms with Gasteiger partial charge in [0.05, 0.1) is 13.2 Å². The van der Waals surface area contributed by atoms with Gasteiger partial charge in [-0.05, 0) is 36.3 Å². The van der Waals surface area contributed by atoms with E-state index in [0.717, 1.165) is 23.7 Å². The average Bonchev–Trinajstić information content (AvgIpc) is 2.84. The van der Waals surface area contributed by atoms with Crippen molar-refractivity contribution in [1.29, 1.82) is 0 Å². The summed E-state index contributed by atoms with van der Waals surface area (Å²) in [7, 11) is -2.70. The molecule has 0 spiro atoms. The van der Waals surface area contributed by atoms with Gasteiger partial charge >= 0.3 is 7.57 Å². The third kappa shape index (κ3) is 16.6. The Morgan fingerprint density at radius 1 is 0.727 bits per heavy atom. The van der Waals surface area contributed by atoms with Crippen molar-refractivity contribution in [3.8, 4) is 5.75 Å². The Hall–Kier alpha value is -0.630. The summed E-state index contributed by atoms with van der Waals surface area (Å²) in [6, 6.07) is 9.72. The minimum atomic E-state index is -2.70. The van der Waals surface area contributed by atoms with Crippen molar-refractivity contribution in [2.24, 2.45) is 0 Å². The first-order valence-corrected chi connectivity index (χ1v) is 16.0. The summed E-state index contributed by atoms with van der Waals surface area (Å²) in [4.78, 5) is 0. The molecule has 0 saturated carbocycles. The van der Waals surface area contributed by atoms with Crippen LogP contribution in [0.5, 0.6) is 5.75 Å². The first kappa shape index (κ1) is 30.4. The number of unbranched alkanes of at least 4 members (excludes halogenated alkanes) is 13. The van der Waals surface area contributed by atoms with E-state index in [-0.39, 0.29) is 0 Å². The number of rotatable bonds is 23. The lowest BCUT2D eigenvalue weighted by molar-refractivity contribution is 0.205. The van der Waals surface area contributed by atoms with Crippen LogP contribution in [-0.2, 0) is 9.05 Å². The average molecular weight is 497 g/mol. The largest absolute Gasteiger partial charge is 0.426 e. The highest BCUT2D eigenvalue weighted by molar-refractivity contribution is 7.99. The highest BCUT2D eigenvalue weighted by atomic mass is 32.2. The minimum absolute atomic E-state index is 0.584. The van der Waals surface area contributed by atoms with E-state index in [9.17, 15) is 0 Å². The van der Waals surface area contributed by atoms with Crippen LogP contribution in [0.25, 0.3) is 0 Å². The minimum Gasteiger partial charge on any atom is -0.426 e. The fraction of sp³-hybridized carbons (Fsp3) is 0.714. The van der Waals surface area contributed by atoms with Crippen LogP contribution >= 0.6 is 19.3 Å². The zero-order chi connectivity index (χ0) is 23.9. The van der Waals surface area contributed by atoms with Crippen LogP contribution in [0, 0.1) is 0 Å². The molecule has 0 saturated heterocycles. The van der Waals surface area contributed by atoms with Crippen molar-refractivity contribution in [2.75, 3.05) is 24.7 Å². The third-order valence-electron chi connectivity index (χ3n) is 5.61. The van der Waals surface area contributed by atoms with Gasteiger partial charge in [-0.25, -0.2) is 0 Å². The second-order valence-corrected chi connectivity index (χ2v) is 11.9. The summed E-state index contributed by atoms with van der Waals surface area (Å²) in [6.45, 7) is 9.51. The highest BCUT2D eigenvalue weighted by Crippen LogP contribution is 2.49. The molecule has 0 bridgehead atoms. The molecule has 5 heteroatoms. The second kappa shape index (κ2) is 21.9. The van der Waals surface area contributed by atoms with Gasteiger partial charge in [-0.15, -0.1) is 0 Å². The Balaban J connectivity index is 2.17. The zero-order valence-corrected chi connectivity index (χ0v) is 23.1. The van der Waals surface area contributed by atoms with Crippen molar-refractivity contribution in [3.05, 3.63) is 36.9 Å². The smallest absolute Gasteiger partial charge is 0.356 e. The number of hydrogen-bond donors (Lipinski definition) is 0. The molecular formula is C28H49O3PS. The zero-order valence-electron chi connectivity index (χ0n) is 21.4. The Bertz CT molecular complexity index is 631. The fourth-order valence-corrected chi connectivity index (χ4v) is 5.82. The molecule has 3 nitrogen and oxygen atoms in total. The molecule has 190 valence electrons. The first-order chi connectivity index (χ1) is 16.3. The molecule has 33 heavy (non-hydrogen) atoms. The number of para-hydroxylation sites is 1. The van der Waals surface area contributed by atoms with E-state index in [1.165, 1.54) is 83.5 Å². The van der Waals surface area contributed by atoms with E-state index in [2.05, 4.69) is 25.9 Å². The summed E-state index contributed by atoms with van der Waals surface area (Å²) in [5.41, 5.74) is 2.98. The van der Waals surface area contributed by atoms with E-state index in [1.54, 1.807) is 0 Å². The number of thioether (sulfide) groups is 1. The van der Waals surface area contributed by atoms with Crippen molar-refractivity contribution < 1.29 is 13.6 Å². The van der Waals surface area contributed by atoms with Crippen LogP contribution in [0.4, 0.5) is 0 Å². The molecule has 0 heterocycles. The monoisotopic (exact) mass is 496 g/mol. The molecular weight excluding hydrogens is 447 g/mol. The summed E-state index contributed by atoms with van der Waals surface area (Å²) < 4.78 is 18.4. The molecule has 0 radical (unpaired) electrons. The maximum atomic E-state index is 6.15. The van der Waals surface area contributed by atoms with Crippen LogP contribution in [0.3, 0.4) is 0 Å². The Morgan fingerprint density at radius 3 is 1.76 bits per heavy atom. The van der Waals surface area contributed by atoms with E-state index in [1.807, 2.05) is 42.1 Å². The molecule has 1 atom stereocenters. The summed E-state index contributed by atoms with van der Waals surface area (Å²) in [5.74, 6) is 2.73. The van der Waals surface area contributed by atoms with Gasteiger partial charge in [0.1, 0.15) is 5.75 Å². The van der Waals surface area contributed by atoms with Crippen molar-refractivity contribution in [2.45, 2.75) is 104 Å². The molecule has 0 amide bonds. The van der Waals surface area contributed by atoms with Crippen LogP contribution in [0.1, 0.15) is 104 Å². The molecule has 0 aromatic heterocycles. The molecule has 1 aromatic carbocycles. The van der Waals surface area contributed by atoms with Crippen molar-refractivity contribution in [3.63, 3.8) is 0 Å². The van der Waals surface area contributed by atoms with Gasteiger partial charge in [-0.1, -0.05) is 116 Å². The molecule has 1 aromatic rings. The van der Waals surface area contributed by atoms with Gasteiger partial charge in [0.15, 0.2) is 0 Å². The fourth-order valence-electron chi connectivity index (χ4n) is 3.68. The lowest BCUT2D eigenvalue weighted by Gasteiger charge is -2.24. The lowest BCUT2D eigenvalue weighted by Crippen LogP contribution is -2.07. The normalized spacial score (nSPS) is 12.9. The topological polar surface area (TPSA) is 27.7 Å². The summed E-state index contributed by atoms with van der Waals surface area (Å²) in [6.07, 6.45) is 18.9. The van der Waals surface area contributed by atoms with Gasteiger partial charge in [-0.3, -0.25) is 0 Å². The lowest BCUT2D eigenvalue weighted by atomic mass is 10.0. The summed E-state index contributed by atoms with van der Waals surface area (Å²) in [5, 5.41) is 0. The Labute approximate surface area is 209 Å². The summed E-state index contributed by atoms with van der Waals surface area (Å²) >= 11 is 1.85. The molecule has 0 fully saturated rings. The van der Waals surface area contributed by atoms with Gasteiger partial charge in [0.2, 0.25) is 0 Å². The van der Waals surface area contributed by atoms with Gasteiger partial charge in [0.25, 0.3) is 0 Å². The number of benzene rings is 1. The Kier molecular flexibility index (Phi) is 20.2. The predicted molar refractivity (Wildman–Crippen MR) is 150 cm³/mol. The number of hydrogen-bond acceptors (Lipinski definition) is 4.